The predicted octanol–water partition coefficient (Wildman–Crippen LogP) is 12.3. The smallest absolute Gasteiger partial charge is 0.507 e. The van der Waals surface area contributed by atoms with Crippen molar-refractivity contribution in [3.63, 3.8) is 0 Å². The third-order valence-corrected chi connectivity index (χ3v) is 12.7. The molecule has 0 spiro atoms. The average Bonchev–Trinajstić information content (AvgIpc) is 3.66. The molecule has 0 bridgehead atoms. The second-order valence-corrected chi connectivity index (χ2v) is 17.1. The quantitative estimate of drug-likeness (QED) is 0.142. The van der Waals surface area contributed by atoms with E-state index in [0.29, 0.717) is 24.6 Å². The first-order valence-corrected chi connectivity index (χ1v) is 20.7. The van der Waals surface area contributed by atoms with Crippen molar-refractivity contribution >= 4 is 0 Å². The van der Waals surface area contributed by atoms with Crippen LogP contribution in [0, 0.1) is 28.2 Å². The summed E-state index contributed by atoms with van der Waals surface area (Å²) in [4.78, 5) is 4.56. The molecule has 0 radical (unpaired) electrons. The zero-order valence-electron chi connectivity index (χ0n) is 36.8. The van der Waals surface area contributed by atoms with Gasteiger partial charge < -0.3 is 22.5 Å². The third kappa shape index (κ3) is 8.29. The summed E-state index contributed by atoms with van der Waals surface area (Å²) in [6.07, 6.45) is 0. The SMILES string of the molecule is Cc1cc(CN(CCN(C)C)Cc2cc(C)cc(C3(C)c4ccccc4-c4ccccc43)c2O)c(O)c(C2(C)c3ccccc3-c3ccccc32)c1.[CH2-]c1ccccc1.[CH3-].[Zr+4]. The molecule has 0 atom stereocenters. The number of hydrogen-bond acceptors (Lipinski definition) is 4. The van der Waals surface area contributed by atoms with E-state index < -0.39 is 10.8 Å². The number of rotatable bonds is 9. The Hall–Kier alpha value is -5.19. The van der Waals surface area contributed by atoms with Crippen LogP contribution in [0.5, 0.6) is 11.5 Å². The number of hydrogen-bond donors (Lipinski definition) is 2. The Balaban J connectivity index is 0.000000630. The Morgan fingerprint density at radius 1 is 0.475 bits per heavy atom. The Morgan fingerprint density at radius 3 is 1.11 bits per heavy atom. The molecule has 0 fully saturated rings. The van der Waals surface area contributed by atoms with Gasteiger partial charge in [-0.05, 0) is 86.3 Å². The van der Waals surface area contributed by atoms with Gasteiger partial charge in [0.2, 0.25) is 0 Å². The van der Waals surface area contributed by atoms with Crippen LogP contribution >= 0.6 is 0 Å². The summed E-state index contributed by atoms with van der Waals surface area (Å²) in [7, 11) is 4.18. The van der Waals surface area contributed by atoms with E-state index in [4.69, 9.17) is 0 Å². The minimum Gasteiger partial charge on any atom is -0.507 e. The van der Waals surface area contributed by atoms with Gasteiger partial charge >= 0.3 is 26.2 Å². The monoisotopic (exact) mass is 880 g/mol. The van der Waals surface area contributed by atoms with E-state index in [-0.39, 0.29) is 33.6 Å². The molecule has 0 unspecified atom stereocenters. The van der Waals surface area contributed by atoms with Gasteiger partial charge in [-0.1, -0.05) is 139 Å². The van der Waals surface area contributed by atoms with Crippen LogP contribution in [-0.4, -0.2) is 47.2 Å². The van der Waals surface area contributed by atoms with E-state index >= 15 is 0 Å². The Morgan fingerprint density at radius 2 is 0.803 bits per heavy atom. The van der Waals surface area contributed by atoms with Gasteiger partial charge in [-0.3, -0.25) is 4.90 Å². The molecule has 0 amide bonds. The number of aryl methyl sites for hydroxylation is 2. The van der Waals surface area contributed by atoms with E-state index in [1.54, 1.807) is 0 Å². The van der Waals surface area contributed by atoms with Crippen LogP contribution in [0.1, 0.15) is 75.0 Å². The van der Waals surface area contributed by atoms with Crippen LogP contribution in [0.25, 0.3) is 22.3 Å². The van der Waals surface area contributed by atoms with Crippen LogP contribution in [0.2, 0.25) is 0 Å². The second-order valence-electron chi connectivity index (χ2n) is 17.1. The van der Waals surface area contributed by atoms with Crippen LogP contribution in [0.15, 0.2) is 152 Å². The first kappa shape index (κ1) is 45.3. The van der Waals surface area contributed by atoms with Gasteiger partial charge in [-0.25, -0.2) is 0 Å². The summed E-state index contributed by atoms with van der Waals surface area (Å²) in [5.74, 6) is 0.686. The van der Waals surface area contributed by atoms with Gasteiger partial charge in [-0.15, -0.1) is 12.1 Å². The maximum Gasteiger partial charge on any atom is 4.00 e. The number of fused-ring (bicyclic) bond motifs is 6. The molecule has 2 N–H and O–H groups in total. The predicted molar refractivity (Wildman–Crippen MR) is 251 cm³/mol. The van der Waals surface area contributed by atoms with Gasteiger partial charge in [0.05, 0.1) is 0 Å². The van der Waals surface area contributed by atoms with E-state index in [9.17, 15) is 10.2 Å². The van der Waals surface area contributed by atoms with Gasteiger partial charge in [0, 0.05) is 59.3 Å². The minimum atomic E-state index is -0.500. The zero-order valence-corrected chi connectivity index (χ0v) is 39.2. The van der Waals surface area contributed by atoms with E-state index in [1.165, 1.54) is 44.5 Å². The fraction of sp³-hybridized carbons (Fsp3) is 0.214. The summed E-state index contributed by atoms with van der Waals surface area (Å²) in [5.41, 5.74) is 15.7. The standard InChI is InChI=1S/C48H48N2O2.C7H7.CH3.Zr/c1-31-25-33(45(51)43(27-31)47(3)39-19-11-7-15-35(39)36-16-8-12-20-40(36)47)29-50(24-23-49(5)6)30-34-26-32(2)28-44(46(34)52)48(4)41-21-13-9-17-37(41)38-18-10-14-22-42(38)48;1-7-5-3-2-4-6-7;;/h7-22,25-28,51-52H,23-24,29-30H2,1-6H3;2-6H,1H2;1H3;/q;2*-1;+4. The first-order valence-electron chi connectivity index (χ1n) is 20.7. The van der Waals surface area contributed by atoms with Crippen molar-refractivity contribution in [1.82, 2.24) is 9.80 Å². The molecular weight excluding hydrogens is 824 g/mol. The van der Waals surface area contributed by atoms with E-state index in [1.807, 2.05) is 30.3 Å². The summed E-state index contributed by atoms with van der Waals surface area (Å²) < 4.78 is 0. The fourth-order valence-corrected chi connectivity index (χ4v) is 9.71. The van der Waals surface area contributed by atoms with Crippen LogP contribution < -0.4 is 0 Å². The maximum atomic E-state index is 12.3. The number of phenols is 2. The molecule has 7 aromatic rings. The molecule has 4 nitrogen and oxygen atoms in total. The van der Waals surface area contributed by atoms with Gasteiger partial charge in [-0.2, -0.15) is 24.6 Å². The van der Waals surface area contributed by atoms with E-state index in [0.717, 1.165) is 52.0 Å². The van der Waals surface area contributed by atoms with Crippen molar-refractivity contribution in [3.8, 4) is 33.8 Å². The Labute approximate surface area is 383 Å². The molecule has 5 heteroatoms. The number of aromatic hydroxyl groups is 2. The van der Waals surface area contributed by atoms with E-state index in [2.05, 4.69) is 180 Å². The van der Waals surface area contributed by atoms with Crippen molar-refractivity contribution in [1.29, 1.82) is 0 Å². The van der Waals surface area contributed by atoms with Crippen molar-refractivity contribution < 1.29 is 36.4 Å². The molecule has 9 rings (SSSR count). The molecule has 0 saturated carbocycles. The summed E-state index contributed by atoms with van der Waals surface area (Å²) in [6.45, 7) is 15.2. The number of nitrogens with zero attached hydrogens (tertiary/aromatic N) is 2. The fourth-order valence-electron chi connectivity index (χ4n) is 9.71. The number of likely N-dealkylation sites (N-methyl/N-ethyl adjacent to an activating group) is 1. The molecule has 0 aromatic heterocycles. The topological polar surface area (TPSA) is 46.9 Å². The number of phenolic OH excluding ortho intramolecular Hbond substituents is 2. The largest absolute Gasteiger partial charge is 4.00 e. The second kappa shape index (κ2) is 18.4. The average molecular weight is 882 g/mol. The first-order chi connectivity index (χ1) is 28.4. The Kier molecular flexibility index (Phi) is 13.7. The summed E-state index contributed by atoms with van der Waals surface area (Å²) >= 11 is 0. The van der Waals surface area contributed by atoms with Gasteiger partial charge in [0.15, 0.2) is 0 Å². The molecule has 61 heavy (non-hydrogen) atoms. The molecule has 306 valence electrons. The molecule has 0 saturated heterocycles. The van der Waals surface area contributed by atoms with Crippen molar-refractivity contribution in [2.45, 2.75) is 51.6 Å². The van der Waals surface area contributed by atoms with Crippen LogP contribution in [0.3, 0.4) is 0 Å². The third-order valence-electron chi connectivity index (χ3n) is 12.7. The van der Waals surface area contributed by atoms with Crippen LogP contribution in [-0.2, 0) is 50.1 Å². The number of benzene rings is 7. The molecule has 2 aliphatic carbocycles. The Bertz CT molecular complexity index is 2400. The zero-order chi connectivity index (χ0) is 41.5. The van der Waals surface area contributed by atoms with Crippen molar-refractivity contribution in [2.24, 2.45) is 0 Å². The minimum absolute atomic E-state index is 0. The van der Waals surface area contributed by atoms with Gasteiger partial charge in [0.1, 0.15) is 11.5 Å². The van der Waals surface area contributed by atoms with Gasteiger partial charge in [0.25, 0.3) is 0 Å². The summed E-state index contributed by atoms with van der Waals surface area (Å²) in [5, 5.41) is 24.6. The molecule has 7 aromatic carbocycles. The molecular formula is C56H58N2O2Zr+2. The molecule has 0 aliphatic heterocycles. The summed E-state index contributed by atoms with van der Waals surface area (Å²) in [6, 6.07) is 52.9. The maximum absolute atomic E-state index is 12.3. The van der Waals surface area contributed by atoms with Crippen molar-refractivity contribution in [3.05, 3.63) is 227 Å². The van der Waals surface area contributed by atoms with Crippen LogP contribution in [0.4, 0.5) is 0 Å². The molecule has 0 heterocycles. The normalized spacial score (nSPS) is 13.5. The van der Waals surface area contributed by atoms with Crippen molar-refractivity contribution in [2.75, 3.05) is 27.2 Å². The molecule has 2 aliphatic rings.